The Morgan fingerprint density at radius 2 is 1.93 bits per heavy atom. The highest BCUT2D eigenvalue weighted by molar-refractivity contribution is 7.14. The zero-order chi connectivity index (χ0) is 18.6. The van der Waals surface area contributed by atoms with E-state index in [2.05, 4.69) is 20.5 Å². The van der Waals surface area contributed by atoms with Gasteiger partial charge < -0.3 is 20.3 Å². The van der Waals surface area contributed by atoms with Crippen molar-refractivity contribution in [1.29, 1.82) is 0 Å². The highest BCUT2D eigenvalue weighted by Gasteiger charge is 2.32. The fourth-order valence-electron chi connectivity index (χ4n) is 3.66. The summed E-state index contributed by atoms with van der Waals surface area (Å²) in [5.74, 6) is 0.843. The van der Waals surface area contributed by atoms with Gasteiger partial charge in [0, 0.05) is 56.4 Å². The molecule has 2 aliphatic heterocycles. The van der Waals surface area contributed by atoms with Crippen LogP contribution in [0.2, 0.25) is 0 Å². The lowest BCUT2D eigenvalue weighted by molar-refractivity contribution is 0.0768. The van der Waals surface area contributed by atoms with Crippen molar-refractivity contribution in [3.8, 4) is 5.75 Å². The number of hydrogen-bond acceptors (Lipinski definition) is 7. The molecule has 0 radical (unpaired) electrons. The number of nitrogens with zero attached hydrogens (tertiary/aromatic N) is 3. The molecule has 0 saturated carbocycles. The van der Waals surface area contributed by atoms with Gasteiger partial charge in [0.25, 0.3) is 5.91 Å². The van der Waals surface area contributed by atoms with Crippen molar-refractivity contribution in [1.82, 2.24) is 20.1 Å². The SMILES string of the molecule is COc1ccc(Nc2nc(C(=O)N3CCC(N4CCNCC4)C3)cs2)cc1.Cl.Cl. The number of carbonyl (C=O) groups excluding carboxylic acids is 1. The number of amides is 1. The smallest absolute Gasteiger partial charge is 0.273 e. The maximum Gasteiger partial charge on any atom is 0.273 e. The molecule has 1 aromatic heterocycles. The summed E-state index contributed by atoms with van der Waals surface area (Å²) in [4.78, 5) is 21.8. The first-order valence-corrected chi connectivity index (χ1v) is 10.2. The Labute approximate surface area is 187 Å². The number of methoxy groups -OCH3 is 1. The predicted molar refractivity (Wildman–Crippen MR) is 122 cm³/mol. The molecule has 2 saturated heterocycles. The number of carbonyl (C=O) groups is 1. The highest BCUT2D eigenvalue weighted by atomic mass is 35.5. The van der Waals surface area contributed by atoms with E-state index in [0.717, 1.165) is 62.3 Å². The van der Waals surface area contributed by atoms with Crippen LogP contribution in [-0.2, 0) is 0 Å². The fraction of sp³-hybridized carbons (Fsp3) is 0.474. The Hall–Kier alpha value is -1.58. The average Bonchev–Trinajstić information content (AvgIpc) is 3.39. The molecule has 10 heteroatoms. The van der Waals surface area contributed by atoms with Gasteiger partial charge in [-0.25, -0.2) is 4.98 Å². The van der Waals surface area contributed by atoms with E-state index in [9.17, 15) is 4.79 Å². The van der Waals surface area contributed by atoms with E-state index in [-0.39, 0.29) is 30.7 Å². The topological polar surface area (TPSA) is 69.7 Å². The van der Waals surface area contributed by atoms with Crippen molar-refractivity contribution in [3.63, 3.8) is 0 Å². The lowest BCUT2D eigenvalue weighted by Crippen LogP contribution is -2.49. The van der Waals surface area contributed by atoms with E-state index in [1.165, 1.54) is 11.3 Å². The largest absolute Gasteiger partial charge is 0.497 e. The van der Waals surface area contributed by atoms with Crippen LogP contribution >= 0.6 is 36.2 Å². The molecule has 0 bridgehead atoms. The number of ether oxygens (including phenoxy) is 1. The van der Waals surface area contributed by atoms with Crippen LogP contribution in [0.4, 0.5) is 10.8 Å². The summed E-state index contributed by atoms with van der Waals surface area (Å²) in [7, 11) is 1.65. The van der Waals surface area contributed by atoms with E-state index in [1.54, 1.807) is 7.11 Å². The number of benzene rings is 1. The number of nitrogens with one attached hydrogen (secondary N) is 2. The van der Waals surface area contributed by atoms with Gasteiger partial charge in [0.15, 0.2) is 5.13 Å². The van der Waals surface area contributed by atoms with E-state index in [4.69, 9.17) is 4.74 Å². The van der Waals surface area contributed by atoms with Gasteiger partial charge in [0.05, 0.1) is 7.11 Å². The Kier molecular flexibility index (Phi) is 8.98. The summed E-state index contributed by atoms with van der Waals surface area (Å²) in [6, 6.07) is 8.12. The quantitative estimate of drug-likeness (QED) is 0.716. The Bertz CT molecular complexity index is 783. The van der Waals surface area contributed by atoms with Crippen LogP contribution in [-0.4, -0.2) is 73.1 Å². The minimum Gasteiger partial charge on any atom is -0.497 e. The molecular formula is C19H27Cl2N5O2S. The minimum absolute atomic E-state index is 0. The average molecular weight is 460 g/mol. The summed E-state index contributed by atoms with van der Waals surface area (Å²) in [6.07, 6.45) is 1.05. The van der Waals surface area contributed by atoms with Gasteiger partial charge in [0.2, 0.25) is 0 Å². The lowest BCUT2D eigenvalue weighted by atomic mass is 10.2. The molecular weight excluding hydrogens is 433 g/mol. The van der Waals surface area contributed by atoms with Gasteiger partial charge in [-0.15, -0.1) is 36.2 Å². The van der Waals surface area contributed by atoms with Crippen molar-refractivity contribution >= 4 is 52.9 Å². The van der Waals surface area contributed by atoms with Crippen molar-refractivity contribution in [3.05, 3.63) is 35.3 Å². The van der Waals surface area contributed by atoms with Crippen LogP contribution in [0.15, 0.2) is 29.6 Å². The standard InChI is InChI=1S/C19H25N5O2S.2ClH/c1-26-16-4-2-14(3-5-16)21-19-22-17(13-27-19)18(25)24-9-6-15(12-24)23-10-7-20-8-11-23;;/h2-5,13,15,20H,6-12H2,1H3,(H,21,22);2*1H. The number of piperazine rings is 1. The van der Waals surface area contributed by atoms with Crippen LogP contribution in [0.3, 0.4) is 0 Å². The summed E-state index contributed by atoms with van der Waals surface area (Å²) in [5.41, 5.74) is 1.45. The monoisotopic (exact) mass is 459 g/mol. The van der Waals surface area contributed by atoms with E-state index in [0.29, 0.717) is 11.7 Å². The van der Waals surface area contributed by atoms with Gasteiger partial charge in [-0.2, -0.15) is 0 Å². The molecule has 2 aliphatic rings. The maximum atomic E-state index is 12.8. The Morgan fingerprint density at radius 1 is 1.21 bits per heavy atom. The second-order valence-electron chi connectivity index (χ2n) is 6.87. The summed E-state index contributed by atoms with van der Waals surface area (Å²) in [6.45, 7) is 5.83. The number of likely N-dealkylation sites (tertiary alicyclic amines) is 1. The van der Waals surface area contributed by atoms with Crippen molar-refractivity contribution < 1.29 is 9.53 Å². The second-order valence-corrected chi connectivity index (χ2v) is 7.73. The van der Waals surface area contributed by atoms with Gasteiger partial charge in [-0.05, 0) is 30.7 Å². The van der Waals surface area contributed by atoms with Crippen LogP contribution in [0.1, 0.15) is 16.9 Å². The molecule has 1 amide bonds. The molecule has 1 atom stereocenters. The van der Waals surface area contributed by atoms with Crippen molar-refractivity contribution in [2.24, 2.45) is 0 Å². The zero-order valence-electron chi connectivity index (χ0n) is 16.3. The molecule has 0 spiro atoms. The summed E-state index contributed by atoms with van der Waals surface area (Å²) in [5, 5.41) is 9.19. The highest BCUT2D eigenvalue weighted by Crippen LogP contribution is 2.25. The van der Waals surface area contributed by atoms with Gasteiger partial charge in [0.1, 0.15) is 11.4 Å². The third-order valence-electron chi connectivity index (χ3n) is 5.18. The van der Waals surface area contributed by atoms with Crippen LogP contribution < -0.4 is 15.4 Å². The van der Waals surface area contributed by atoms with Crippen LogP contribution in [0.25, 0.3) is 0 Å². The third kappa shape index (κ3) is 5.73. The number of anilines is 2. The second kappa shape index (κ2) is 11.0. The number of aromatic nitrogens is 1. The van der Waals surface area contributed by atoms with Gasteiger partial charge >= 0.3 is 0 Å². The molecule has 3 heterocycles. The summed E-state index contributed by atoms with van der Waals surface area (Å²) < 4.78 is 5.17. The molecule has 4 rings (SSSR count). The zero-order valence-corrected chi connectivity index (χ0v) is 18.7. The first-order chi connectivity index (χ1) is 13.2. The van der Waals surface area contributed by atoms with Crippen molar-refractivity contribution in [2.45, 2.75) is 12.5 Å². The van der Waals surface area contributed by atoms with E-state index >= 15 is 0 Å². The van der Waals surface area contributed by atoms with E-state index < -0.39 is 0 Å². The Morgan fingerprint density at radius 3 is 2.62 bits per heavy atom. The lowest BCUT2D eigenvalue weighted by Gasteiger charge is -2.32. The molecule has 29 heavy (non-hydrogen) atoms. The Balaban J connectivity index is 0.00000150. The maximum absolute atomic E-state index is 12.8. The fourth-order valence-corrected chi connectivity index (χ4v) is 4.37. The third-order valence-corrected chi connectivity index (χ3v) is 5.94. The predicted octanol–water partition coefficient (Wildman–Crippen LogP) is 2.86. The number of hydrogen-bond donors (Lipinski definition) is 2. The van der Waals surface area contributed by atoms with Crippen LogP contribution in [0.5, 0.6) is 5.75 Å². The van der Waals surface area contributed by atoms with Crippen LogP contribution in [0, 0.1) is 0 Å². The number of thiazole rings is 1. The van der Waals surface area contributed by atoms with Crippen molar-refractivity contribution in [2.75, 3.05) is 51.7 Å². The molecule has 2 aromatic rings. The first kappa shape index (κ1) is 23.7. The number of halogens is 2. The molecule has 160 valence electrons. The van der Waals surface area contributed by atoms with E-state index in [1.807, 2.05) is 34.5 Å². The minimum atomic E-state index is 0. The molecule has 1 aromatic carbocycles. The molecule has 2 N–H and O–H groups in total. The normalized spacial score (nSPS) is 19.2. The molecule has 0 aliphatic carbocycles. The van der Waals surface area contributed by atoms with Gasteiger partial charge in [-0.3, -0.25) is 9.69 Å². The number of rotatable bonds is 5. The summed E-state index contributed by atoms with van der Waals surface area (Å²) >= 11 is 1.45. The molecule has 2 fully saturated rings. The van der Waals surface area contributed by atoms with Gasteiger partial charge in [-0.1, -0.05) is 0 Å². The first-order valence-electron chi connectivity index (χ1n) is 9.33. The molecule has 1 unspecified atom stereocenters. The molecule has 7 nitrogen and oxygen atoms in total.